The van der Waals surface area contributed by atoms with Crippen LogP contribution in [0.4, 0.5) is 15.8 Å². The number of nitrogens with zero attached hydrogens (tertiary/aromatic N) is 1. The normalized spacial score (nSPS) is 9.77. The van der Waals surface area contributed by atoms with Gasteiger partial charge in [0, 0.05) is 19.2 Å². The van der Waals surface area contributed by atoms with Crippen molar-refractivity contribution in [1.29, 1.82) is 0 Å². The molecule has 1 aromatic rings. The molecule has 0 saturated heterocycles. The molecular formula is C8H9FN2O2. The molecule has 0 atom stereocenters. The van der Waals surface area contributed by atoms with Gasteiger partial charge in [0.05, 0.1) is 10.6 Å². The average Bonchev–Trinajstić information content (AvgIpc) is 2.09. The lowest BCUT2D eigenvalue weighted by molar-refractivity contribution is -0.384. The summed E-state index contributed by atoms with van der Waals surface area (Å²) in [5.41, 5.74) is 0.300. The molecule has 4 nitrogen and oxygen atoms in total. The van der Waals surface area contributed by atoms with Crippen LogP contribution in [0.3, 0.4) is 0 Å². The number of aryl methyl sites for hydroxylation is 1. The van der Waals surface area contributed by atoms with E-state index >= 15 is 0 Å². The summed E-state index contributed by atoms with van der Waals surface area (Å²) in [6, 6.07) is 2.37. The van der Waals surface area contributed by atoms with Crippen molar-refractivity contribution in [3.8, 4) is 0 Å². The van der Waals surface area contributed by atoms with E-state index in [0.717, 1.165) is 0 Å². The zero-order chi connectivity index (χ0) is 10.0. The van der Waals surface area contributed by atoms with Gasteiger partial charge in [-0.15, -0.1) is 0 Å². The van der Waals surface area contributed by atoms with Crippen LogP contribution >= 0.6 is 0 Å². The number of rotatable bonds is 2. The van der Waals surface area contributed by atoms with E-state index < -0.39 is 10.7 Å². The third-order valence-electron chi connectivity index (χ3n) is 1.72. The zero-order valence-electron chi connectivity index (χ0n) is 7.30. The smallest absolute Gasteiger partial charge is 0.271 e. The second kappa shape index (κ2) is 3.38. The van der Waals surface area contributed by atoms with Gasteiger partial charge in [-0.2, -0.15) is 0 Å². The minimum absolute atomic E-state index is 0.108. The molecule has 0 aromatic heterocycles. The molecule has 0 radical (unpaired) electrons. The van der Waals surface area contributed by atoms with Crippen molar-refractivity contribution in [2.75, 3.05) is 12.4 Å². The lowest BCUT2D eigenvalue weighted by atomic mass is 10.2. The maximum Gasteiger partial charge on any atom is 0.271 e. The van der Waals surface area contributed by atoms with Crippen LogP contribution in [-0.4, -0.2) is 12.0 Å². The predicted molar refractivity (Wildman–Crippen MR) is 47.3 cm³/mol. The standard InChI is InChI=1S/C8H9FN2O2/c1-5-3-6(11(12)13)4-7(10-2)8(5)9/h3-4,10H,1-2H3. The van der Waals surface area contributed by atoms with Crippen molar-refractivity contribution >= 4 is 11.4 Å². The molecule has 1 N–H and O–H groups in total. The number of hydrogen-bond donors (Lipinski definition) is 1. The number of hydrogen-bond acceptors (Lipinski definition) is 3. The molecule has 0 aliphatic rings. The molecular weight excluding hydrogens is 175 g/mol. The Hall–Kier alpha value is -1.65. The summed E-state index contributed by atoms with van der Waals surface area (Å²) in [7, 11) is 1.52. The third kappa shape index (κ3) is 1.74. The summed E-state index contributed by atoms with van der Waals surface area (Å²) in [5, 5.41) is 12.9. The van der Waals surface area contributed by atoms with Crippen LogP contribution in [0.25, 0.3) is 0 Å². The van der Waals surface area contributed by atoms with E-state index in [1.807, 2.05) is 0 Å². The Morgan fingerprint density at radius 2 is 2.15 bits per heavy atom. The summed E-state index contributed by atoms with van der Waals surface area (Å²) in [4.78, 5) is 9.84. The number of halogens is 1. The Kier molecular flexibility index (Phi) is 2.46. The van der Waals surface area contributed by atoms with Crippen LogP contribution in [0.15, 0.2) is 12.1 Å². The molecule has 1 aromatic carbocycles. The number of nitro groups is 1. The monoisotopic (exact) mass is 184 g/mol. The van der Waals surface area contributed by atoms with E-state index in [9.17, 15) is 14.5 Å². The van der Waals surface area contributed by atoms with E-state index in [0.29, 0.717) is 0 Å². The largest absolute Gasteiger partial charge is 0.386 e. The Morgan fingerprint density at radius 1 is 1.54 bits per heavy atom. The van der Waals surface area contributed by atoms with Crippen molar-refractivity contribution in [1.82, 2.24) is 0 Å². The first-order valence-electron chi connectivity index (χ1n) is 3.68. The van der Waals surface area contributed by atoms with Crippen molar-refractivity contribution in [3.05, 3.63) is 33.6 Å². The van der Waals surface area contributed by atoms with Crippen molar-refractivity contribution in [2.24, 2.45) is 0 Å². The van der Waals surface area contributed by atoms with Crippen molar-refractivity contribution < 1.29 is 9.31 Å². The maximum atomic E-state index is 13.2. The van der Waals surface area contributed by atoms with Crippen LogP contribution in [0, 0.1) is 22.9 Å². The first kappa shape index (κ1) is 9.44. The van der Waals surface area contributed by atoms with Crippen molar-refractivity contribution in [3.63, 3.8) is 0 Å². The molecule has 0 aliphatic heterocycles. The van der Waals surface area contributed by atoms with Gasteiger partial charge >= 0.3 is 0 Å². The maximum absolute atomic E-state index is 13.2. The Bertz CT molecular complexity index is 352. The van der Waals surface area contributed by atoms with E-state index in [1.165, 1.54) is 26.1 Å². The van der Waals surface area contributed by atoms with E-state index in [1.54, 1.807) is 0 Å². The lowest BCUT2D eigenvalue weighted by Crippen LogP contribution is -1.97. The minimum Gasteiger partial charge on any atom is -0.386 e. The van der Waals surface area contributed by atoms with Gasteiger partial charge in [-0.1, -0.05) is 0 Å². The van der Waals surface area contributed by atoms with E-state index in [2.05, 4.69) is 5.32 Å². The van der Waals surface area contributed by atoms with E-state index in [-0.39, 0.29) is 16.9 Å². The molecule has 0 unspecified atom stereocenters. The minimum atomic E-state index is -0.548. The van der Waals surface area contributed by atoms with Crippen LogP contribution in [0.2, 0.25) is 0 Å². The van der Waals surface area contributed by atoms with Gasteiger partial charge in [-0.25, -0.2) is 4.39 Å². The number of benzene rings is 1. The Labute approximate surface area is 74.5 Å². The summed E-state index contributed by atoms with van der Waals surface area (Å²) in [6.07, 6.45) is 0. The zero-order valence-corrected chi connectivity index (χ0v) is 7.30. The van der Waals surface area contributed by atoms with Gasteiger partial charge < -0.3 is 5.32 Å². The number of nitrogens with one attached hydrogen (secondary N) is 1. The lowest BCUT2D eigenvalue weighted by Gasteiger charge is -2.04. The number of non-ortho nitro benzene ring substituents is 1. The van der Waals surface area contributed by atoms with Crippen LogP contribution in [0.5, 0.6) is 0 Å². The summed E-state index contributed by atoms with van der Waals surface area (Å²) in [5.74, 6) is -0.451. The molecule has 0 saturated carbocycles. The summed E-state index contributed by atoms with van der Waals surface area (Å²) in [6.45, 7) is 1.49. The fraction of sp³-hybridized carbons (Fsp3) is 0.250. The van der Waals surface area contributed by atoms with Gasteiger partial charge in [-0.3, -0.25) is 10.1 Å². The highest BCUT2D eigenvalue weighted by Gasteiger charge is 2.12. The van der Waals surface area contributed by atoms with Crippen LogP contribution in [-0.2, 0) is 0 Å². The molecule has 0 amide bonds. The molecule has 0 heterocycles. The highest BCUT2D eigenvalue weighted by molar-refractivity contribution is 5.54. The molecule has 0 spiro atoms. The molecule has 5 heteroatoms. The first-order valence-corrected chi connectivity index (χ1v) is 3.68. The van der Waals surface area contributed by atoms with Gasteiger partial charge in [0.2, 0.25) is 0 Å². The highest BCUT2D eigenvalue weighted by Crippen LogP contribution is 2.24. The number of anilines is 1. The highest BCUT2D eigenvalue weighted by atomic mass is 19.1. The Balaban J connectivity index is 3.30. The van der Waals surface area contributed by atoms with Gasteiger partial charge in [0.1, 0.15) is 5.82 Å². The molecule has 0 aliphatic carbocycles. The van der Waals surface area contributed by atoms with E-state index in [4.69, 9.17) is 0 Å². The van der Waals surface area contributed by atoms with Gasteiger partial charge in [-0.05, 0) is 12.5 Å². The molecule has 0 fully saturated rings. The summed E-state index contributed by atoms with van der Waals surface area (Å²) < 4.78 is 13.2. The molecule has 70 valence electrons. The SMILES string of the molecule is CNc1cc([N+](=O)[O-])cc(C)c1F. The van der Waals surface area contributed by atoms with Crippen LogP contribution < -0.4 is 5.32 Å². The Morgan fingerprint density at radius 3 is 2.62 bits per heavy atom. The fourth-order valence-corrected chi connectivity index (χ4v) is 1.04. The average molecular weight is 184 g/mol. The second-order valence-corrected chi connectivity index (χ2v) is 2.63. The molecule has 1 rings (SSSR count). The van der Waals surface area contributed by atoms with Crippen LogP contribution in [0.1, 0.15) is 5.56 Å². The third-order valence-corrected chi connectivity index (χ3v) is 1.72. The molecule has 0 bridgehead atoms. The van der Waals surface area contributed by atoms with Crippen molar-refractivity contribution in [2.45, 2.75) is 6.92 Å². The predicted octanol–water partition coefficient (Wildman–Crippen LogP) is 2.08. The fourth-order valence-electron chi connectivity index (χ4n) is 1.04. The van der Waals surface area contributed by atoms with Gasteiger partial charge in [0.25, 0.3) is 5.69 Å². The topological polar surface area (TPSA) is 55.2 Å². The first-order chi connectivity index (χ1) is 6.06. The summed E-state index contributed by atoms with van der Waals surface area (Å²) >= 11 is 0. The quantitative estimate of drug-likeness (QED) is 0.565. The second-order valence-electron chi connectivity index (χ2n) is 2.63. The van der Waals surface area contributed by atoms with Gasteiger partial charge in [0.15, 0.2) is 0 Å². The number of nitro benzene ring substituents is 1. The molecule has 13 heavy (non-hydrogen) atoms.